The first kappa shape index (κ1) is 10.1. The van der Waals surface area contributed by atoms with Crippen molar-refractivity contribution in [3.05, 3.63) is 29.6 Å². The lowest BCUT2D eigenvalue weighted by Gasteiger charge is -2.04. The van der Waals surface area contributed by atoms with Crippen LogP contribution in [-0.4, -0.2) is 16.1 Å². The van der Waals surface area contributed by atoms with Crippen molar-refractivity contribution < 1.29 is 9.90 Å². The summed E-state index contributed by atoms with van der Waals surface area (Å²) >= 11 is 0. The highest BCUT2D eigenvalue weighted by molar-refractivity contribution is 5.75. The molecule has 1 N–H and O–H groups in total. The Balaban J connectivity index is 2.09. The van der Waals surface area contributed by atoms with Gasteiger partial charge in [0, 0.05) is 11.9 Å². The molecule has 1 aliphatic carbocycles. The maximum atomic E-state index is 10.7. The summed E-state index contributed by atoms with van der Waals surface area (Å²) in [7, 11) is 0. The lowest BCUT2D eigenvalue weighted by atomic mass is 10.1. The van der Waals surface area contributed by atoms with Crippen LogP contribution in [0.4, 0.5) is 0 Å². The highest BCUT2D eigenvalue weighted by atomic mass is 16.4. The molecule has 1 aliphatic rings. The Morgan fingerprint density at radius 2 is 2.27 bits per heavy atom. The number of hydrogen-bond acceptors (Lipinski definition) is 2. The van der Waals surface area contributed by atoms with E-state index >= 15 is 0 Å². The molecule has 0 aromatic carbocycles. The fourth-order valence-corrected chi connectivity index (χ4v) is 1.81. The second-order valence-corrected chi connectivity index (χ2v) is 4.46. The average molecular weight is 205 g/mol. The standard InChI is InChI=1S/C12H15NO2/c1-7(2)11-4-3-8(6-13-11)9-5-10(9)12(14)15/h3-4,6-7,9-10H,5H2,1-2H3,(H,14,15). The van der Waals surface area contributed by atoms with Gasteiger partial charge in [0.2, 0.25) is 0 Å². The van der Waals surface area contributed by atoms with Gasteiger partial charge in [0.1, 0.15) is 0 Å². The van der Waals surface area contributed by atoms with Crippen LogP contribution in [-0.2, 0) is 4.79 Å². The van der Waals surface area contributed by atoms with Crippen LogP contribution in [0.25, 0.3) is 0 Å². The Morgan fingerprint density at radius 3 is 2.67 bits per heavy atom. The predicted molar refractivity (Wildman–Crippen MR) is 56.8 cm³/mol. The minimum atomic E-state index is -0.687. The maximum absolute atomic E-state index is 10.7. The Kier molecular flexibility index (Phi) is 2.47. The topological polar surface area (TPSA) is 50.2 Å². The van der Waals surface area contributed by atoms with Crippen LogP contribution in [0.2, 0.25) is 0 Å². The Labute approximate surface area is 89.2 Å². The molecule has 0 radical (unpaired) electrons. The molecule has 1 saturated carbocycles. The Bertz CT molecular complexity index is 370. The monoisotopic (exact) mass is 205 g/mol. The van der Waals surface area contributed by atoms with Gasteiger partial charge < -0.3 is 5.11 Å². The summed E-state index contributed by atoms with van der Waals surface area (Å²) < 4.78 is 0. The summed E-state index contributed by atoms with van der Waals surface area (Å²) in [5.74, 6) is -0.255. The SMILES string of the molecule is CC(C)c1ccc(C2CC2C(=O)O)cn1. The summed E-state index contributed by atoms with van der Waals surface area (Å²) in [6, 6.07) is 4.01. The van der Waals surface area contributed by atoms with Gasteiger partial charge in [-0.1, -0.05) is 19.9 Å². The van der Waals surface area contributed by atoms with Crippen LogP contribution < -0.4 is 0 Å². The molecule has 15 heavy (non-hydrogen) atoms. The van der Waals surface area contributed by atoms with E-state index in [0.29, 0.717) is 5.92 Å². The molecule has 1 heterocycles. The second kappa shape index (κ2) is 3.65. The van der Waals surface area contributed by atoms with E-state index in [9.17, 15) is 4.79 Å². The number of hydrogen-bond donors (Lipinski definition) is 1. The Morgan fingerprint density at radius 1 is 1.53 bits per heavy atom. The van der Waals surface area contributed by atoms with Gasteiger partial charge in [0.25, 0.3) is 0 Å². The first-order chi connectivity index (χ1) is 7.09. The van der Waals surface area contributed by atoms with Gasteiger partial charge >= 0.3 is 5.97 Å². The number of rotatable bonds is 3. The normalized spacial score (nSPS) is 24.2. The number of carboxylic acids is 1. The molecular weight excluding hydrogens is 190 g/mol. The van der Waals surface area contributed by atoms with Crippen molar-refractivity contribution in [2.45, 2.75) is 32.1 Å². The molecule has 2 unspecified atom stereocenters. The van der Waals surface area contributed by atoms with E-state index in [4.69, 9.17) is 5.11 Å². The van der Waals surface area contributed by atoms with Gasteiger partial charge in [-0.15, -0.1) is 0 Å². The van der Waals surface area contributed by atoms with Crippen molar-refractivity contribution in [1.82, 2.24) is 4.98 Å². The van der Waals surface area contributed by atoms with E-state index in [1.54, 1.807) is 0 Å². The summed E-state index contributed by atoms with van der Waals surface area (Å²) in [5, 5.41) is 8.81. The molecule has 1 aromatic heterocycles. The van der Waals surface area contributed by atoms with E-state index in [-0.39, 0.29) is 11.8 Å². The largest absolute Gasteiger partial charge is 0.481 e. The third kappa shape index (κ3) is 2.01. The Hall–Kier alpha value is -1.38. The number of carbonyl (C=O) groups is 1. The van der Waals surface area contributed by atoms with Gasteiger partial charge in [-0.25, -0.2) is 0 Å². The van der Waals surface area contributed by atoms with Crippen molar-refractivity contribution in [1.29, 1.82) is 0 Å². The summed E-state index contributed by atoms with van der Waals surface area (Å²) in [6.07, 6.45) is 2.58. The second-order valence-electron chi connectivity index (χ2n) is 4.46. The first-order valence-corrected chi connectivity index (χ1v) is 5.28. The molecule has 0 saturated heterocycles. The lowest BCUT2D eigenvalue weighted by molar-refractivity contribution is -0.138. The van der Waals surface area contributed by atoms with Crippen LogP contribution in [0.3, 0.4) is 0 Å². The molecule has 2 atom stereocenters. The predicted octanol–water partition coefficient (Wildman–Crippen LogP) is 2.39. The minimum Gasteiger partial charge on any atom is -0.481 e. The molecule has 0 bridgehead atoms. The van der Waals surface area contributed by atoms with E-state index in [1.165, 1.54) is 0 Å². The van der Waals surface area contributed by atoms with Crippen LogP contribution in [0.5, 0.6) is 0 Å². The third-order valence-electron chi connectivity index (χ3n) is 2.94. The zero-order chi connectivity index (χ0) is 11.0. The summed E-state index contributed by atoms with van der Waals surface area (Å²) in [5.41, 5.74) is 2.12. The molecule has 0 aliphatic heterocycles. The average Bonchev–Trinajstić information content (AvgIpc) is 2.97. The van der Waals surface area contributed by atoms with E-state index < -0.39 is 5.97 Å². The lowest BCUT2D eigenvalue weighted by Crippen LogP contribution is -1.99. The van der Waals surface area contributed by atoms with E-state index in [0.717, 1.165) is 17.7 Å². The van der Waals surface area contributed by atoms with Crippen molar-refractivity contribution in [2.24, 2.45) is 5.92 Å². The fraction of sp³-hybridized carbons (Fsp3) is 0.500. The van der Waals surface area contributed by atoms with E-state index in [1.807, 2.05) is 18.3 Å². The molecular formula is C12H15NO2. The van der Waals surface area contributed by atoms with Crippen LogP contribution >= 0.6 is 0 Å². The zero-order valence-electron chi connectivity index (χ0n) is 8.97. The number of carboxylic acid groups (broad SMARTS) is 1. The molecule has 3 heteroatoms. The van der Waals surface area contributed by atoms with Crippen LogP contribution in [0, 0.1) is 5.92 Å². The van der Waals surface area contributed by atoms with Crippen molar-refractivity contribution in [3.63, 3.8) is 0 Å². The fourth-order valence-electron chi connectivity index (χ4n) is 1.81. The van der Waals surface area contributed by atoms with Crippen molar-refractivity contribution in [3.8, 4) is 0 Å². The molecule has 0 amide bonds. The number of aromatic nitrogens is 1. The van der Waals surface area contributed by atoms with Crippen molar-refractivity contribution in [2.75, 3.05) is 0 Å². The summed E-state index contributed by atoms with van der Waals surface area (Å²) in [6.45, 7) is 4.19. The molecule has 1 fully saturated rings. The summed E-state index contributed by atoms with van der Waals surface area (Å²) in [4.78, 5) is 15.0. The highest BCUT2D eigenvalue weighted by Crippen LogP contribution is 2.47. The van der Waals surface area contributed by atoms with Gasteiger partial charge in [0.05, 0.1) is 5.92 Å². The molecule has 80 valence electrons. The highest BCUT2D eigenvalue weighted by Gasteiger charge is 2.44. The minimum absolute atomic E-state index is 0.184. The van der Waals surface area contributed by atoms with Gasteiger partial charge in [0.15, 0.2) is 0 Å². The number of aliphatic carboxylic acids is 1. The quantitative estimate of drug-likeness (QED) is 0.824. The zero-order valence-corrected chi connectivity index (χ0v) is 8.97. The number of pyridine rings is 1. The van der Waals surface area contributed by atoms with Gasteiger partial charge in [-0.3, -0.25) is 9.78 Å². The van der Waals surface area contributed by atoms with Crippen LogP contribution in [0.15, 0.2) is 18.3 Å². The third-order valence-corrected chi connectivity index (χ3v) is 2.94. The van der Waals surface area contributed by atoms with Crippen LogP contribution in [0.1, 0.15) is 43.4 Å². The van der Waals surface area contributed by atoms with Gasteiger partial charge in [-0.2, -0.15) is 0 Å². The maximum Gasteiger partial charge on any atom is 0.307 e. The molecule has 2 rings (SSSR count). The molecule has 0 spiro atoms. The van der Waals surface area contributed by atoms with Crippen molar-refractivity contribution >= 4 is 5.97 Å². The molecule has 3 nitrogen and oxygen atoms in total. The van der Waals surface area contributed by atoms with Gasteiger partial charge in [-0.05, 0) is 29.9 Å². The first-order valence-electron chi connectivity index (χ1n) is 5.28. The molecule has 1 aromatic rings. The smallest absolute Gasteiger partial charge is 0.307 e. The van der Waals surface area contributed by atoms with E-state index in [2.05, 4.69) is 18.8 Å². The number of nitrogens with zero attached hydrogens (tertiary/aromatic N) is 1.